The largest absolute Gasteiger partial charge is 0.490 e. The SMILES string of the molecule is CCOc1cc(/C=C(\C#N)C(=O)N[C@@H](C)c2ccccc2)ccc1OCc1ccc(Cl)cc1. The smallest absolute Gasteiger partial charge is 0.262 e. The van der Waals surface area contributed by atoms with Crippen LogP contribution in [0.1, 0.15) is 36.6 Å². The molecule has 5 nitrogen and oxygen atoms in total. The van der Waals surface area contributed by atoms with Gasteiger partial charge in [-0.25, -0.2) is 0 Å². The lowest BCUT2D eigenvalue weighted by Gasteiger charge is -2.14. The molecule has 0 heterocycles. The van der Waals surface area contributed by atoms with E-state index in [4.69, 9.17) is 21.1 Å². The van der Waals surface area contributed by atoms with Crippen LogP contribution >= 0.6 is 11.6 Å². The van der Waals surface area contributed by atoms with E-state index in [9.17, 15) is 10.1 Å². The fourth-order valence-corrected chi connectivity index (χ4v) is 3.28. The fourth-order valence-electron chi connectivity index (χ4n) is 3.16. The summed E-state index contributed by atoms with van der Waals surface area (Å²) in [6.07, 6.45) is 1.54. The summed E-state index contributed by atoms with van der Waals surface area (Å²) in [6, 6.07) is 24.1. The van der Waals surface area contributed by atoms with E-state index in [0.717, 1.165) is 11.1 Å². The van der Waals surface area contributed by atoms with Crippen molar-refractivity contribution < 1.29 is 14.3 Å². The van der Waals surface area contributed by atoms with E-state index < -0.39 is 5.91 Å². The van der Waals surface area contributed by atoms with Crippen LogP contribution in [0.25, 0.3) is 6.08 Å². The maximum absolute atomic E-state index is 12.7. The lowest BCUT2D eigenvalue weighted by molar-refractivity contribution is -0.117. The highest BCUT2D eigenvalue weighted by atomic mass is 35.5. The number of benzene rings is 3. The maximum atomic E-state index is 12.7. The summed E-state index contributed by atoms with van der Waals surface area (Å²) in [5, 5.41) is 13.1. The quantitative estimate of drug-likeness (QED) is 0.309. The summed E-state index contributed by atoms with van der Waals surface area (Å²) >= 11 is 5.93. The van der Waals surface area contributed by atoms with E-state index in [1.165, 1.54) is 0 Å². The van der Waals surface area contributed by atoms with Gasteiger partial charge < -0.3 is 14.8 Å². The van der Waals surface area contributed by atoms with Crippen LogP contribution in [0.3, 0.4) is 0 Å². The van der Waals surface area contributed by atoms with Crippen molar-refractivity contribution in [3.8, 4) is 17.6 Å². The molecular weight excluding hydrogens is 436 g/mol. The molecule has 0 aliphatic heterocycles. The highest BCUT2D eigenvalue weighted by Gasteiger charge is 2.14. The minimum Gasteiger partial charge on any atom is -0.490 e. The normalized spacial score (nSPS) is 11.9. The van der Waals surface area contributed by atoms with Crippen LogP contribution in [0.15, 0.2) is 78.4 Å². The number of halogens is 1. The molecule has 0 aromatic heterocycles. The van der Waals surface area contributed by atoms with Gasteiger partial charge in [0.15, 0.2) is 11.5 Å². The molecule has 1 N–H and O–H groups in total. The van der Waals surface area contributed by atoms with Crippen molar-refractivity contribution in [1.82, 2.24) is 5.32 Å². The van der Waals surface area contributed by atoms with Crippen LogP contribution in [-0.2, 0) is 11.4 Å². The van der Waals surface area contributed by atoms with Gasteiger partial charge in [0, 0.05) is 5.02 Å². The molecule has 1 atom stereocenters. The number of hydrogen-bond acceptors (Lipinski definition) is 4. The van der Waals surface area contributed by atoms with Crippen molar-refractivity contribution >= 4 is 23.6 Å². The first-order valence-electron chi connectivity index (χ1n) is 10.6. The second kappa shape index (κ2) is 11.8. The summed E-state index contributed by atoms with van der Waals surface area (Å²) in [7, 11) is 0. The second-order valence-electron chi connectivity index (χ2n) is 7.33. The third kappa shape index (κ3) is 6.86. The monoisotopic (exact) mass is 460 g/mol. The van der Waals surface area contributed by atoms with Crippen LogP contribution in [-0.4, -0.2) is 12.5 Å². The molecular formula is C27H25ClN2O3. The van der Waals surface area contributed by atoms with Gasteiger partial charge in [0.25, 0.3) is 5.91 Å². The van der Waals surface area contributed by atoms with E-state index in [1.54, 1.807) is 24.3 Å². The summed E-state index contributed by atoms with van der Waals surface area (Å²) < 4.78 is 11.6. The molecule has 0 saturated carbocycles. The molecule has 0 aliphatic carbocycles. The van der Waals surface area contributed by atoms with Gasteiger partial charge in [-0.2, -0.15) is 5.26 Å². The molecule has 3 aromatic rings. The van der Waals surface area contributed by atoms with Crippen molar-refractivity contribution in [3.63, 3.8) is 0 Å². The lowest BCUT2D eigenvalue weighted by atomic mass is 10.1. The molecule has 3 rings (SSSR count). The van der Waals surface area contributed by atoms with Gasteiger partial charge in [-0.1, -0.05) is 60.1 Å². The minimum atomic E-state index is -0.435. The Balaban J connectivity index is 1.74. The standard InChI is InChI=1S/C27H25ClN2O3/c1-3-32-26-16-21(11-14-25(26)33-18-20-9-12-24(28)13-10-20)15-23(17-29)27(31)30-19(2)22-7-5-4-6-8-22/h4-16,19H,3,18H2,1-2H3,(H,30,31)/b23-15+/t19-/m0/s1. The molecule has 33 heavy (non-hydrogen) atoms. The first-order chi connectivity index (χ1) is 16.0. The van der Waals surface area contributed by atoms with Gasteiger partial charge in [-0.05, 0) is 60.9 Å². The Kier molecular flexibility index (Phi) is 8.51. The minimum absolute atomic E-state index is 0.00932. The number of rotatable bonds is 9. The number of hydrogen-bond donors (Lipinski definition) is 1. The first kappa shape index (κ1) is 23.9. The van der Waals surface area contributed by atoms with Gasteiger partial charge in [0.05, 0.1) is 12.6 Å². The third-order valence-electron chi connectivity index (χ3n) is 4.90. The van der Waals surface area contributed by atoms with E-state index in [-0.39, 0.29) is 11.6 Å². The molecule has 6 heteroatoms. The number of amides is 1. The topological polar surface area (TPSA) is 71.3 Å². The summed E-state index contributed by atoms with van der Waals surface area (Å²) in [4.78, 5) is 12.7. The Morgan fingerprint density at radius 1 is 1.06 bits per heavy atom. The zero-order valence-electron chi connectivity index (χ0n) is 18.5. The molecule has 1 amide bonds. The van der Waals surface area contributed by atoms with Crippen molar-refractivity contribution in [2.45, 2.75) is 26.5 Å². The Morgan fingerprint density at radius 3 is 2.45 bits per heavy atom. The molecule has 168 valence electrons. The van der Waals surface area contributed by atoms with Crippen LogP contribution < -0.4 is 14.8 Å². The van der Waals surface area contributed by atoms with Crippen molar-refractivity contribution in [3.05, 3.63) is 100 Å². The summed E-state index contributed by atoms with van der Waals surface area (Å²) in [5.74, 6) is 0.676. The zero-order valence-corrected chi connectivity index (χ0v) is 19.3. The lowest BCUT2D eigenvalue weighted by Crippen LogP contribution is -2.27. The van der Waals surface area contributed by atoms with E-state index in [1.807, 2.05) is 74.5 Å². The van der Waals surface area contributed by atoms with Gasteiger partial charge in [-0.3, -0.25) is 4.79 Å². The van der Waals surface area contributed by atoms with Gasteiger partial charge >= 0.3 is 0 Å². The number of carbonyl (C=O) groups excluding carboxylic acids is 1. The number of nitrogens with one attached hydrogen (secondary N) is 1. The predicted molar refractivity (Wildman–Crippen MR) is 130 cm³/mol. The molecule has 3 aromatic carbocycles. The molecule has 0 saturated heterocycles. The predicted octanol–water partition coefficient (Wildman–Crippen LogP) is 6.10. The van der Waals surface area contributed by atoms with Crippen LogP contribution in [0.4, 0.5) is 0 Å². The van der Waals surface area contributed by atoms with Gasteiger partial charge in [0.1, 0.15) is 18.2 Å². The Morgan fingerprint density at radius 2 is 1.79 bits per heavy atom. The number of nitrogens with zero attached hydrogens (tertiary/aromatic N) is 1. The van der Waals surface area contributed by atoms with Crippen molar-refractivity contribution in [1.29, 1.82) is 5.26 Å². The maximum Gasteiger partial charge on any atom is 0.262 e. The Hall–Kier alpha value is -3.75. The highest BCUT2D eigenvalue weighted by molar-refractivity contribution is 6.30. The molecule has 0 unspecified atom stereocenters. The Bertz CT molecular complexity index is 1150. The summed E-state index contributed by atoms with van der Waals surface area (Å²) in [6.45, 7) is 4.56. The van der Waals surface area contributed by atoms with Gasteiger partial charge in [-0.15, -0.1) is 0 Å². The molecule has 0 spiro atoms. The number of ether oxygens (including phenoxy) is 2. The molecule has 0 aliphatic rings. The van der Waals surface area contributed by atoms with Crippen LogP contribution in [0, 0.1) is 11.3 Å². The average molecular weight is 461 g/mol. The third-order valence-corrected chi connectivity index (χ3v) is 5.15. The van der Waals surface area contributed by atoms with Gasteiger partial charge in [0.2, 0.25) is 0 Å². The molecule has 0 radical (unpaired) electrons. The molecule has 0 fully saturated rings. The van der Waals surface area contributed by atoms with E-state index in [2.05, 4.69) is 5.32 Å². The van der Waals surface area contributed by atoms with E-state index >= 15 is 0 Å². The number of carbonyl (C=O) groups is 1. The number of nitriles is 1. The van der Waals surface area contributed by atoms with Crippen molar-refractivity contribution in [2.24, 2.45) is 0 Å². The van der Waals surface area contributed by atoms with Crippen LogP contribution in [0.2, 0.25) is 5.02 Å². The Labute approximate surface area is 199 Å². The average Bonchev–Trinajstić information content (AvgIpc) is 2.83. The highest BCUT2D eigenvalue weighted by Crippen LogP contribution is 2.30. The molecule has 0 bridgehead atoms. The van der Waals surface area contributed by atoms with E-state index in [0.29, 0.717) is 35.3 Å². The summed E-state index contributed by atoms with van der Waals surface area (Å²) in [5.41, 5.74) is 2.61. The van der Waals surface area contributed by atoms with Crippen LogP contribution in [0.5, 0.6) is 11.5 Å². The van der Waals surface area contributed by atoms with Crippen molar-refractivity contribution in [2.75, 3.05) is 6.61 Å². The first-order valence-corrected chi connectivity index (χ1v) is 11.0. The fraction of sp³-hybridized carbons (Fsp3) is 0.185. The zero-order chi connectivity index (χ0) is 23.6. The second-order valence-corrected chi connectivity index (χ2v) is 7.77.